The number of hydrogen-bond acceptors (Lipinski definition) is 7. The Bertz CT molecular complexity index is 886. The molecule has 0 aliphatic carbocycles. The van der Waals surface area contributed by atoms with Gasteiger partial charge in [-0.1, -0.05) is 6.07 Å². The lowest BCUT2D eigenvalue weighted by atomic mass is 10.1. The molecule has 1 unspecified atom stereocenters. The van der Waals surface area contributed by atoms with Gasteiger partial charge in [-0.05, 0) is 55.1 Å². The highest BCUT2D eigenvalue weighted by Gasteiger charge is 2.21. The summed E-state index contributed by atoms with van der Waals surface area (Å²) < 4.78 is 10.3. The van der Waals surface area contributed by atoms with Gasteiger partial charge in [0.05, 0.1) is 6.61 Å². The summed E-state index contributed by atoms with van der Waals surface area (Å²) in [6.45, 7) is 1.77. The van der Waals surface area contributed by atoms with E-state index in [0.717, 1.165) is 0 Å². The summed E-state index contributed by atoms with van der Waals surface area (Å²) in [6, 6.07) is 10.6. The minimum atomic E-state index is -1.05. The molecule has 0 aliphatic heterocycles. The minimum absolute atomic E-state index is 0.0608. The van der Waals surface area contributed by atoms with Crippen molar-refractivity contribution >= 4 is 35.2 Å². The highest BCUT2D eigenvalue weighted by Crippen LogP contribution is 2.32. The first-order chi connectivity index (χ1) is 13.8. The molecule has 0 amide bonds. The number of carbonyl (C=O) groups is 2. The number of thioether (sulfide) groups is 1. The molecule has 29 heavy (non-hydrogen) atoms. The van der Waals surface area contributed by atoms with Gasteiger partial charge in [-0.2, -0.15) is 0 Å². The van der Waals surface area contributed by atoms with Crippen molar-refractivity contribution in [2.24, 2.45) is 5.73 Å². The van der Waals surface area contributed by atoms with E-state index in [1.165, 1.54) is 11.8 Å². The summed E-state index contributed by atoms with van der Waals surface area (Å²) in [4.78, 5) is 24.0. The number of hydrogen-bond donors (Lipinski definition) is 4. The molecule has 0 fully saturated rings. The number of rotatable bonds is 10. The molecule has 0 heterocycles. The summed E-state index contributed by atoms with van der Waals surface area (Å²) in [5, 5.41) is 20.1. The predicted octanol–water partition coefficient (Wildman–Crippen LogP) is 2.87. The standard InChI is InChI=1S/C20H23N3O5S/c1-3-27-17(24)11-28-15-9-6-13(10-16(15)29-2)18(20(25)26)23-14-7-4-12(5-8-14)19(21)22/h4-10,18,23H,3,11H2,1-2H3,(H3,21,22)(H,25,26). The molecule has 0 spiro atoms. The number of benzene rings is 2. The maximum Gasteiger partial charge on any atom is 0.344 e. The first-order valence-corrected chi connectivity index (χ1v) is 9.98. The Morgan fingerprint density at radius 1 is 1.24 bits per heavy atom. The zero-order valence-electron chi connectivity index (χ0n) is 16.1. The van der Waals surface area contributed by atoms with Crippen molar-refractivity contribution in [3.05, 3.63) is 53.6 Å². The summed E-state index contributed by atoms with van der Waals surface area (Å²) in [7, 11) is 0. The topological polar surface area (TPSA) is 135 Å². The Morgan fingerprint density at radius 3 is 2.48 bits per heavy atom. The van der Waals surface area contributed by atoms with Crippen LogP contribution in [0.15, 0.2) is 47.4 Å². The van der Waals surface area contributed by atoms with E-state index in [1.807, 2.05) is 6.26 Å². The van der Waals surface area contributed by atoms with Gasteiger partial charge in [0.15, 0.2) is 12.6 Å². The molecule has 5 N–H and O–H groups in total. The van der Waals surface area contributed by atoms with Crippen molar-refractivity contribution in [3.8, 4) is 5.75 Å². The molecule has 0 aliphatic rings. The summed E-state index contributed by atoms with van der Waals surface area (Å²) in [5.41, 5.74) is 7.10. The smallest absolute Gasteiger partial charge is 0.344 e. The number of nitrogens with one attached hydrogen (secondary N) is 2. The SMILES string of the molecule is CCOC(=O)COc1ccc(C(Nc2ccc(C(=N)N)cc2)C(=O)O)cc1SC. The lowest BCUT2D eigenvalue weighted by Gasteiger charge is -2.18. The molecule has 0 bridgehead atoms. The normalized spacial score (nSPS) is 11.4. The van der Waals surface area contributed by atoms with Crippen LogP contribution >= 0.6 is 11.8 Å². The third-order valence-electron chi connectivity index (χ3n) is 3.93. The average Bonchev–Trinajstić information content (AvgIpc) is 2.70. The molecular weight excluding hydrogens is 394 g/mol. The van der Waals surface area contributed by atoms with Crippen LogP contribution in [0.4, 0.5) is 5.69 Å². The Balaban J connectivity index is 2.20. The molecule has 0 aromatic heterocycles. The fourth-order valence-corrected chi connectivity index (χ4v) is 3.10. The highest BCUT2D eigenvalue weighted by atomic mass is 32.2. The molecule has 0 radical (unpaired) electrons. The number of nitrogens with two attached hydrogens (primary N) is 1. The fourth-order valence-electron chi connectivity index (χ4n) is 2.52. The van der Waals surface area contributed by atoms with E-state index in [1.54, 1.807) is 49.4 Å². The number of carbonyl (C=O) groups excluding carboxylic acids is 1. The number of nitrogen functional groups attached to an aromatic ring is 1. The van der Waals surface area contributed by atoms with E-state index >= 15 is 0 Å². The minimum Gasteiger partial charge on any atom is -0.481 e. The van der Waals surface area contributed by atoms with Gasteiger partial charge in [-0.15, -0.1) is 11.8 Å². The zero-order valence-corrected chi connectivity index (χ0v) is 16.9. The lowest BCUT2D eigenvalue weighted by molar-refractivity contribution is -0.145. The predicted molar refractivity (Wildman–Crippen MR) is 112 cm³/mol. The van der Waals surface area contributed by atoms with Crippen LogP contribution in [0.2, 0.25) is 0 Å². The van der Waals surface area contributed by atoms with Crippen molar-refractivity contribution in [2.75, 3.05) is 24.8 Å². The van der Waals surface area contributed by atoms with Gasteiger partial charge in [0.1, 0.15) is 11.6 Å². The molecule has 2 rings (SSSR count). The summed E-state index contributed by atoms with van der Waals surface area (Å²) >= 11 is 1.38. The van der Waals surface area contributed by atoms with Gasteiger partial charge >= 0.3 is 11.9 Å². The van der Waals surface area contributed by atoms with Crippen molar-refractivity contribution in [1.29, 1.82) is 5.41 Å². The van der Waals surface area contributed by atoms with Crippen molar-refractivity contribution in [2.45, 2.75) is 17.9 Å². The number of carboxylic acids is 1. The molecule has 0 saturated heterocycles. The van der Waals surface area contributed by atoms with Crippen molar-refractivity contribution in [1.82, 2.24) is 0 Å². The maximum atomic E-state index is 11.8. The number of esters is 1. The number of ether oxygens (including phenoxy) is 2. The monoisotopic (exact) mass is 417 g/mol. The maximum absolute atomic E-state index is 11.8. The van der Waals surface area contributed by atoms with Gasteiger partial charge in [-0.25, -0.2) is 9.59 Å². The van der Waals surface area contributed by atoms with Gasteiger partial charge in [0.25, 0.3) is 0 Å². The van der Waals surface area contributed by atoms with Gasteiger partial charge in [-0.3, -0.25) is 5.41 Å². The molecular formula is C20H23N3O5S. The molecule has 2 aromatic carbocycles. The molecule has 154 valence electrons. The van der Waals surface area contributed by atoms with Crippen molar-refractivity contribution in [3.63, 3.8) is 0 Å². The third kappa shape index (κ3) is 6.15. The van der Waals surface area contributed by atoms with Crippen LogP contribution in [0.5, 0.6) is 5.75 Å². The van der Waals surface area contributed by atoms with E-state index in [-0.39, 0.29) is 19.0 Å². The Morgan fingerprint density at radius 2 is 1.93 bits per heavy atom. The number of amidine groups is 1. The first-order valence-electron chi connectivity index (χ1n) is 8.75. The Labute approximate surface area is 172 Å². The molecule has 0 saturated carbocycles. The van der Waals surface area contributed by atoms with Crippen LogP contribution in [0.25, 0.3) is 0 Å². The second-order valence-electron chi connectivity index (χ2n) is 5.91. The van der Waals surface area contributed by atoms with E-state index in [2.05, 4.69) is 5.32 Å². The van der Waals surface area contributed by atoms with Gasteiger partial charge in [0.2, 0.25) is 0 Å². The quantitative estimate of drug-likeness (QED) is 0.201. The molecule has 9 heteroatoms. The second kappa shape index (κ2) is 10.4. The fraction of sp³-hybridized carbons (Fsp3) is 0.250. The van der Waals surface area contributed by atoms with Crippen molar-refractivity contribution < 1.29 is 24.2 Å². The third-order valence-corrected chi connectivity index (χ3v) is 4.68. The van der Waals surface area contributed by atoms with Crippen LogP contribution in [-0.2, 0) is 14.3 Å². The van der Waals surface area contributed by atoms with Crippen LogP contribution in [-0.4, -0.2) is 42.4 Å². The lowest BCUT2D eigenvalue weighted by Crippen LogP contribution is -2.21. The first kappa shape index (κ1) is 22.1. The number of aliphatic carboxylic acids is 1. The van der Waals surface area contributed by atoms with E-state index < -0.39 is 18.0 Å². The zero-order chi connectivity index (χ0) is 21.4. The van der Waals surface area contributed by atoms with Crippen LogP contribution < -0.4 is 15.8 Å². The van der Waals surface area contributed by atoms with Gasteiger partial charge in [0, 0.05) is 16.1 Å². The van der Waals surface area contributed by atoms with Gasteiger partial charge < -0.3 is 25.6 Å². The Kier molecular flexibility index (Phi) is 7.90. The van der Waals surface area contributed by atoms with Crippen LogP contribution in [0.3, 0.4) is 0 Å². The number of anilines is 1. The van der Waals surface area contributed by atoms with Crippen LogP contribution in [0, 0.1) is 5.41 Å². The Hall–Kier alpha value is -3.20. The van der Waals surface area contributed by atoms with Crippen LogP contribution in [0.1, 0.15) is 24.1 Å². The average molecular weight is 417 g/mol. The summed E-state index contributed by atoms with van der Waals surface area (Å²) in [5.74, 6) is -1.10. The van der Waals surface area contributed by atoms with E-state index in [9.17, 15) is 14.7 Å². The summed E-state index contributed by atoms with van der Waals surface area (Å²) in [6.07, 6.45) is 1.83. The largest absolute Gasteiger partial charge is 0.481 e. The van der Waals surface area contributed by atoms with E-state index in [4.69, 9.17) is 20.6 Å². The highest BCUT2D eigenvalue weighted by molar-refractivity contribution is 7.98. The second-order valence-corrected chi connectivity index (χ2v) is 6.76. The van der Waals surface area contributed by atoms with E-state index in [0.29, 0.717) is 27.5 Å². The molecule has 8 nitrogen and oxygen atoms in total. The molecule has 2 aromatic rings. The molecule has 1 atom stereocenters. The number of carboxylic acid groups (broad SMARTS) is 1.